The van der Waals surface area contributed by atoms with Crippen molar-refractivity contribution in [3.63, 3.8) is 0 Å². The Morgan fingerprint density at radius 1 is 1.14 bits per heavy atom. The van der Waals surface area contributed by atoms with Crippen LogP contribution in [0.25, 0.3) is 0 Å². The molecule has 110 valence electrons. The van der Waals surface area contributed by atoms with Gasteiger partial charge in [0.2, 0.25) is 11.9 Å². The van der Waals surface area contributed by atoms with Crippen LogP contribution >= 0.6 is 23.8 Å². The minimum absolute atomic E-state index is 0.221. The molecule has 0 saturated carbocycles. The third kappa shape index (κ3) is 3.08. The van der Waals surface area contributed by atoms with Gasteiger partial charge in [-0.15, -0.1) is 5.10 Å². The summed E-state index contributed by atoms with van der Waals surface area (Å²) >= 11 is 11.4. The highest BCUT2D eigenvalue weighted by molar-refractivity contribution is 7.80. The Bertz CT molecular complexity index is 816. The van der Waals surface area contributed by atoms with Crippen molar-refractivity contribution < 1.29 is 0 Å². The number of anilines is 3. The van der Waals surface area contributed by atoms with E-state index in [1.165, 1.54) is 4.68 Å². The van der Waals surface area contributed by atoms with Crippen molar-refractivity contribution in [3.05, 3.63) is 65.2 Å². The molecule has 0 aliphatic heterocycles. The zero-order chi connectivity index (χ0) is 15.5. The van der Waals surface area contributed by atoms with Gasteiger partial charge >= 0.3 is 0 Å². The van der Waals surface area contributed by atoms with Crippen LogP contribution in [-0.4, -0.2) is 19.8 Å². The number of aromatic nitrogens is 3. The lowest BCUT2D eigenvalue weighted by Crippen LogP contribution is -2.15. The molecule has 22 heavy (non-hydrogen) atoms. The Kier molecular flexibility index (Phi) is 4.04. The first kappa shape index (κ1) is 14.5. The average molecular weight is 330 g/mol. The Hall–Kier alpha value is -2.44. The molecule has 0 aliphatic carbocycles. The maximum Gasteiger partial charge on any atom is 0.248 e. The summed E-state index contributed by atoms with van der Waals surface area (Å²) in [4.78, 5) is 4.66. The molecule has 0 aliphatic rings. The van der Waals surface area contributed by atoms with Crippen LogP contribution in [0.2, 0.25) is 5.02 Å². The highest BCUT2D eigenvalue weighted by atomic mass is 35.5. The van der Waals surface area contributed by atoms with Crippen LogP contribution in [0, 0.1) is 0 Å². The van der Waals surface area contributed by atoms with Crippen molar-refractivity contribution in [2.45, 2.75) is 0 Å². The minimum atomic E-state index is 0.221. The molecular formula is C15H12ClN5S. The maximum atomic E-state index is 5.95. The van der Waals surface area contributed by atoms with E-state index in [9.17, 15) is 0 Å². The van der Waals surface area contributed by atoms with Crippen molar-refractivity contribution in [1.82, 2.24) is 14.8 Å². The largest absolute Gasteiger partial charge is 0.368 e. The number of nitrogen functional groups attached to an aromatic ring is 1. The molecule has 5 nitrogen and oxygen atoms in total. The first-order valence-corrected chi connectivity index (χ1v) is 7.27. The van der Waals surface area contributed by atoms with Gasteiger partial charge in [-0.1, -0.05) is 60.2 Å². The molecule has 0 radical (unpaired) electrons. The lowest BCUT2D eigenvalue weighted by molar-refractivity contribution is 0.964. The molecule has 0 unspecified atom stereocenters. The summed E-state index contributed by atoms with van der Waals surface area (Å²) < 4.78 is 1.43. The molecule has 1 aromatic heterocycles. The number of thiocarbonyl (C=S) groups is 1. The van der Waals surface area contributed by atoms with E-state index in [1.807, 2.05) is 42.5 Å². The second-order valence-corrected chi connectivity index (χ2v) is 5.34. The van der Waals surface area contributed by atoms with Crippen LogP contribution in [0.4, 0.5) is 17.6 Å². The Labute approximate surface area is 137 Å². The molecule has 1 heterocycles. The van der Waals surface area contributed by atoms with Gasteiger partial charge in [0.15, 0.2) is 0 Å². The summed E-state index contributed by atoms with van der Waals surface area (Å²) in [7, 11) is 0. The number of benzene rings is 2. The third-order valence-electron chi connectivity index (χ3n) is 2.93. The highest BCUT2D eigenvalue weighted by Gasteiger charge is 2.12. The van der Waals surface area contributed by atoms with E-state index in [1.54, 1.807) is 12.1 Å². The number of hydrogen-bond acceptors (Lipinski definition) is 5. The van der Waals surface area contributed by atoms with Crippen LogP contribution in [-0.2, 0) is 0 Å². The molecule has 0 atom stereocenters. The maximum absolute atomic E-state index is 5.95. The predicted octanol–water partition coefficient (Wildman–Crippen LogP) is 3.48. The summed E-state index contributed by atoms with van der Waals surface area (Å²) in [6.45, 7) is 0. The molecule has 2 aromatic carbocycles. The van der Waals surface area contributed by atoms with Gasteiger partial charge in [-0.05, 0) is 18.2 Å². The number of nitrogens with two attached hydrogens (primary N) is 1. The third-order valence-corrected chi connectivity index (χ3v) is 3.57. The smallest absolute Gasteiger partial charge is 0.248 e. The molecule has 0 saturated heterocycles. The fourth-order valence-electron chi connectivity index (χ4n) is 1.92. The first-order valence-electron chi connectivity index (χ1n) is 6.48. The van der Waals surface area contributed by atoms with Gasteiger partial charge in [-0.2, -0.15) is 9.67 Å². The van der Waals surface area contributed by atoms with Crippen LogP contribution in [0.3, 0.4) is 0 Å². The van der Waals surface area contributed by atoms with Crippen molar-refractivity contribution in [2.75, 3.05) is 11.1 Å². The van der Waals surface area contributed by atoms with E-state index in [2.05, 4.69) is 15.4 Å². The van der Waals surface area contributed by atoms with Crippen molar-refractivity contribution in [1.29, 1.82) is 0 Å². The zero-order valence-corrected chi connectivity index (χ0v) is 13.0. The molecule has 3 rings (SSSR count). The van der Waals surface area contributed by atoms with E-state index >= 15 is 0 Å². The van der Waals surface area contributed by atoms with E-state index in [-0.39, 0.29) is 5.95 Å². The minimum Gasteiger partial charge on any atom is -0.368 e. The van der Waals surface area contributed by atoms with E-state index in [0.29, 0.717) is 16.0 Å². The lowest BCUT2D eigenvalue weighted by atomic mass is 10.2. The van der Waals surface area contributed by atoms with Crippen LogP contribution in [0.1, 0.15) is 5.56 Å². The predicted molar refractivity (Wildman–Crippen MR) is 92.7 cm³/mol. The second kappa shape index (κ2) is 6.13. The molecule has 7 heteroatoms. The van der Waals surface area contributed by atoms with E-state index in [4.69, 9.17) is 29.6 Å². The van der Waals surface area contributed by atoms with E-state index < -0.39 is 0 Å². The number of nitrogens with zero attached hydrogens (tertiary/aromatic N) is 3. The topological polar surface area (TPSA) is 68.8 Å². The van der Waals surface area contributed by atoms with Gasteiger partial charge in [0.05, 0.1) is 0 Å². The van der Waals surface area contributed by atoms with Crippen LogP contribution in [0.5, 0.6) is 0 Å². The van der Waals surface area contributed by atoms with Gasteiger partial charge < -0.3 is 11.1 Å². The fraction of sp³-hybridized carbons (Fsp3) is 0. The van der Waals surface area contributed by atoms with Crippen LogP contribution in [0.15, 0.2) is 54.6 Å². The second-order valence-electron chi connectivity index (χ2n) is 4.51. The Balaban J connectivity index is 1.86. The number of rotatable bonds is 3. The Morgan fingerprint density at radius 2 is 1.91 bits per heavy atom. The van der Waals surface area contributed by atoms with Gasteiger partial charge in [-0.3, -0.25) is 0 Å². The summed E-state index contributed by atoms with van der Waals surface area (Å²) in [5.41, 5.74) is 7.52. The monoisotopic (exact) mass is 329 g/mol. The SMILES string of the molecule is Nc1nc(Nc2cccc(Cl)c2)nn1C(=S)c1ccccc1. The summed E-state index contributed by atoms with van der Waals surface area (Å²) in [5.74, 6) is 0.580. The van der Waals surface area contributed by atoms with E-state index in [0.717, 1.165) is 11.3 Å². The fourth-order valence-corrected chi connectivity index (χ4v) is 2.39. The molecule has 0 spiro atoms. The first-order chi connectivity index (χ1) is 10.6. The van der Waals surface area contributed by atoms with Crippen molar-refractivity contribution in [3.8, 4) is 0 Å². The number of hydrogen-bond donors (Lipinski definition) is 2. The average Bonchev–Trinajstić information content (AvgIpc) is 2.88. The quantitative estimate of drug-likeness (QED) is 0.720. The summed E-state index contributed by atoms with van der Waals surface area (Å²) in [6, 6.07) is 16.8. The van der Waals surface area contributed by atoms with Crippen LogP contribution < -0.4 is 11.1 Å². The molecule has 0 fully saturated rings. The molecule has 3 aromatic rings. The standard InChI is InChI=1S/C15H12ClN5S/c16-11-7-4-8-12(9-11)18-15-19-14(17)21(20-15)13(22)10-5-2-1-3-6-10/h1-9H,(H3,17,18,19,20). The van der Waals surface area contributed by atoms with Gasteiger partial charge in [0.1, 0.15) is 4.99 Å². The van der Waals surface area contributed by atoms with Gasteiger partial charge in [0.25, 0.3) is 0 Å². The van der Waals surface area contributed by atoms with Crippen molar-refractivity contribution >= 4 is 46.4 Å². The normalized spacial score (nSPS) is 10.4. The number of nitrogens with one attached hydrogen (secondary N) is 1. The number of halogens is 1. The summed E-state index contributed by atoms with van der Waals surface area (Å²) in [5, 5.41) is 7.96. The highest BCUT2D eigenvalue weighted by Crippen LogP contribution is 2.19. The van der Waals surface area contributed by atoms with Gasteiger partial charge in [0, 0.05) is 16.3 Å². The van der Waals surface area contributed by atoms with Crippen molar-refractivity contribution in [2.24, 2.45) is 0 Å². The lowest BCUT2D eigenvalue weighted by Gasteiger charge is -2.04. The van der Waals surface area contributed by atoms with Gasteiger partial charge in [-0.25, -0.2) is 0 Å². The molecule has 3 N–H and O–H groups in total. The Morgan fingerprint density at radius 3 is 2.64 bits per heavy atom. The molecule has 0 bridgehead atoms. The molecule has 0 amide bonds. The summed E-state index contributed by atoms with van der Waals surface area (Å²) in [6.07, 6.45) is 0. The zero-order valence-electron chi connectivity index (χ0n) is 11.4. The molecular weight excluding hydrogens is 318 g/mol.